The molecule has 1 aromatic heterocycles. The van der Waals surface area contributed by atoms with Gasteiger partial charge in [-0.05, 0) is 25.1 Å². The van der Waals surface area contributed by atoms with Gasteiger partial charge in [-0.1, -0.05) is 0 Å². The van der Waals surface area contributed by atoms with Crippen LogP contribution in [0.25, 0.3) is 11.0 Å². The van der Waals surface area contributed by atoms with Crippen molar-refractivity contribution in [3.8, 4) is 5.75 Å². The number of fused-ring (bicyclic) bond motifs is 1. The predicted molar refractivity (Wildman–Crippen MR) is 73.6 cm³/mol. The van der Waals surface area contributed by atoms with Gasteiger partial charge in [0.2, 0.25) is 0 Å². The van der Waals surface area contributed by atoms with Gasteiger partial charge < -0.3 is 28.5 Å². The Morgan fingerprint density at radius 2 is 2.05 bits per heavy atom. The Bertz CT molecular complexity index is 687. The summed E-state index contributed by atoms with van der Waals surface area (Å²) in [6.07, 6.45) is 0. The van der Waals surface area contributed by atoms with Crippen LogP contribution in [0, 0.1) is 6.92 Å². The lowest BCUT2D eigenvalue weighted by molar-refractivity contribution is -0.307. The van der Waals surface area contributed by atoms with E-state index >= 15 is 0 Å². The Labute approximate surface area is 126 Å². The summed E-state index contributed by atoms with van der Waals surface area (Å²) in [6, 6.07) is 4.68. The molecule has 7 heteroatoms. The van der Waals surface area contributed by atoms with E-state index in [1.165, 1.54) is 13.2 Å². The first kappa shape index (κ1) is 15.8. The molecule has 0 unspecified atom stereocenters. The van der Waals surface area contributed by atoms with Gasteiger partial charge in [0.25, 0.3) is 0 Å². The van der Waals surface area contributed by atoms with Crippen LogP contribution >= 0.6 is 0 Å². The highest BCUT2D eigenvalue weighted by atomic mass is 16.6. The lowest BCUT2D eigenvalue weighted by Crippen LogP contribution is -2.28. The van der Waals surface area contributed by atoms with E-state index in [-0.39, 0.29) is 12.2 Å². The minimum absolute atomic E-state index is 0.127. The highest BCUT2D eigenvalue weighted by molar-refractivity contribution is 6.04. The molecule has 0 fully saturated rings. The number of hydrogen-bond donors (Lipinski definition) is 0. The van der Waals surface area contributed by atoms with E-state index in [1.807, 2.05) is 0 Å². The largest absolute Gasteiger partial charge is 0.546 e. The molecule has 2 aromatic rings. The molecule has 1 heterocycles. The van der Waals surface area contributed by atoms with E-state index in [9.17, 15) is 14.7 Å². The quantitative estimate of drug-likeness (QED) is 0.547. The van der Waals surface area contributed by atoms with Gasteiger partial charge >= 0.3 is 5.97 Å². The zero-order valence-electron chi connectivity index (χ0n) is 12.2. The molecule has 0 radical (unpaired) electrons. The zero-order valence-corrected chi connectivity index (χ0v) is 12.2. The molecule has 2 rings (SSSR count). The lowest BCUT2D eigenvalue weighted by atomic mass is 10.1. The summed E-state index contributed by atoms with van der Waals surface area (Å²) in [6.45, 7) is 1.49. The number of carboxylic acid groups (broad SMARTS) is 1. The molecular weight excluding hydrogens is 292 g/mol. The van der Waals surface area contributed by atoms with Crippen molar-refractivity contribution < 1.29 is 33.3 Å². The Kier molecular flexibility index (Phi) is 5.00. The maximum absolute atomic E-state index is 12.1. The van der Waals surface area contributed by atoms with Crippen LogP contribution < -0.4 is 9.84 Å². The molecule has 0 saturated heterocycles. The van der Waals surface area contributed by atoms with Crippen LogP contribution in [0.5, 0.6) is 5.75 Å². The molecule has 0 aliphatic rings. The van der Waals surface area contributed by atoms with Crippen LogP contribution in [0.1, 0.15) is 16.1 Å². The molecule has 0 aliphatic carbocycles. The van der Waals surface area contributed by atoms with Gasteiger partial charge in [-0.3, -0.25) is 0 Å². The topological polar surface area (TPSA) is 98.0 Å². The van der Waals surface area contributed by atoms with Gasteiger partial charge in [-0.25, -0.2) is 4.79 Å². The SMILES string of the molecule is COCCOC(=O)c1c(C)oc2ccc(OCC(=O)[O-])cc12. The molecule has 22 heavy (non-hydrogen) atoms. The highest BCUT2D eigenvalue weighted by Crippen LogP contribution is 2.29. The third-order valence-electron chi connectivity index (χ3n) is 2.92. The maximum atomic E-state index is 12.1. The minimum Gasteiger partial charge on any atom is -0.546 e. The van der Waals surface area contributed by atoms with Crippen molar-refractivity contribution in [3.05, 3.63) is 29.5 Å². The summed E-state index contributed by atoms with van der Waals surface area (Å²) in [7, 11) is 1.51. The number of benzene rings is 1. The molecular formula is C15H15O7-. The zero-order chi connectivity index (χ0) is 16.1. The van der Waals surface area contributed by atoms with Gasteiger partial charge in [-0.2, -0.15) is 0 Å². The molecule has 7 nitrogen and oxygen atoms in total. The van der Waals surface area contributed by atoms with Crippen molar-refractivity contribution in [2.24, 2.45) is 0 Å². The summed E-state index contributed by atoms with van der Waals surface area (Å²) >= 11 is 0. The summed E-state index contributed by atoms with van der Waals surface area (Å²) in [5.41, 5.74) is 0.766. The maximum Gasteiger partial charge on any atom is 0.342 e. The second-order valence-electron chi connectivity index (χ2n) is 4.48. The van der Waals surface area contributed by atoms with E-state index in [1.54, 1.807) is 19.1 Å². The number of rotatable bonds is 7. The first-order valence-electron chi connectivity index (χ1n) is 6.54. The molecule has 0 spiro atoms. The Hall–Kier alpha value is -2.54. The van der Waals surface area contributed by atoms with Crippen LogP contribution in [-0.4, -0.2) is 38.9 Å². The number of carboxylic acids is 1. The fourth-order valence-corrected chi connectivity index (χ4v) is 1.97. The van der Waals surface area contributed by atoms with Crippen molar-refractivity contribution in [2.45, 2.75) is 6.92 Å². The molecule has 118 valence electrons. The Morgan fingerprint density at radius 3 is 2.73 bits per heavy atom. The van der Waals surface area contributed by atoms with Crippen LogP contribution in [0.2, 0.25) is 0 Å². The predicted octanol–water partition coefficient (Wildman–Crippen LogP) is 0.673. The average molecular weight is 307 g/mol. The number of aliphatic carboxylic acids is 1. The summed E-state index contributed by atoms with van der Waals surface area (Å²) in [5.74, 6) is -1.16. The van der Waals surface area contributed by atoms with Crippen molar-refractivity contribution in [1.82, 2.24) is 0 Å². The van der Waals surface area contributed by atoms with Gasteiger partial charge in [0.1, 0.15) is 35.9 Å². The number of ether oxygens (including phenoxy) is 3. The normalized spacial score (nSPS) is 10.6. The Balaban J connectivity index is 2.28. The van der Waals surface area contributed by atoms with E-state index in [0.29, 0.717) is 29.1 Å². The molecule has 0 N–H and O–H groups in total. The second-order valence-corrected chi connectivity index (χ2v) is 4.48. The van der Waals surface area contributed by atoms with E-state index in [0.717, 1.165) is 0 Å². The summed E-state index contributed by atoms with van der Waals surface area (Å²) in [5, 5.41) is 10.9. The average Bonchev–Trinajstić information content (AvgIpc) is 2.80. The smallest absolute Gasteiger partial charge is 0.342 e. The third-order valence-corrected chi connectivity index (χ3v) is 2.92. The number of aryl methyl sites for hydroxylation is 1. The van der Waals surface area contributed by atoms with Crippen LogP contribution in [0.3, 0.4) is 0 Å². The van der Waals surface area contributed by atoms with Crippen molar-refractivity contribution in [1.29, 1.82) is 0 Å². The fraction of sp³-hybridized carbons (Fsp3) is 0.333. The lowest BCUT2D eigenvalue weighted by Gasteiger charge is -2.07. The van der Waals surface area contributed by atoms with Crippen molar-refractivity contribution >= 4 is 22.9 Å². The Morgan fingerprint density at radius 1 is 1.27 bits per heavy atom. The van der Waals surface area contributed by atoms with E-state index < -0.39 is 18.5 Å². The number of hydrogen-bond acceptors (Lipinski definition) is 7. The number of methoxy groups -OCH3 is 1. The van der Waals surface area contributed by atoms with Crippen molar-refractivity contribution in [2.75, 3.05) is 26.9 Å². The van der Waals surface area contributed by atoms with E-state index in [2.05, 4.69) is 0 Å². The van der Waals surface area contributed by atoms with Crippen LogP contribution in [-0.2, 0) is 14.3 Å². The monoisotopic (exact) mass is 307 g/mol. The molecule has 0 saturated carbocycles. The molecule has 1 aromatic carbocycles. The minimum atomic E-state index is -1.33. The van der Waals surface area contributed by atoms with Crippen LogP contribution in [0.4, 0.5) is 0 Å². The molecule has 0 amide bonds. The van der Waals surface area contributed by atoms with Gasteiger partial charge in [0.15, 0.2) is 0 Å². The fourth-order valence-electron chi connectivity index (χ4n) is 1.97. The number of carbonyl (C=O) groups is 2. The summed E-state index contributed by atoms with van der Waals surface area (Å²) in [4.78, 5) is 22.5. The summed E-state index contributed by atoms with van der Waals surface area (Å²) < 4.78 is 20.4. The third kappa shape index (κ3) is 3.56. The number of carbonyl (C=O) groups excluding carboxylic acids is 2. The van der Waals surface area contributed by atoms with Crippen LogP contribution in [0.15, 0.2) is 22.6 Å². The van der Waals surface area contributed by atoms with Crippen molar-refractivity contribution in [3.63, 3.8) is 0 Å². The first-order valence-corrected chi connectivity index (χ1v) is 6.54. The molecule has 0 bridgehead atoms. The molecule has 0 atom stereocenters. The first-order chi connectivity index (χ1) is 10.5. The molecule has 0 aliphatic heterocycles. The van der Waals surface area contributed by atoms with Gasteiger partial charge in [-0.15, -0.1) is 0 Å². The number of furan rings is 1. The number of esters is 1. The van der Waals surface area contributed by atoms with Gasteiger partial charge in [0, 0.05) is 12.5 Å². The standard InChI is InChI=1S/C15H16O7/c1-9-14(15(18)20-6-5-19-2)11-7-10(21-8-13(16)17)3-4-12(11)22-9/h3-4,7H,5-6,8H2,1-2H3,(H,16,17)/p-1. The highest BCUT2D eigenvalue weighted by Gasteiger charge is 2.20. The second kappa shape index (κ2) is 6.95. The van der Waals surface area contributed by atoms with E-state index in [4.69, 9.17) is 18.6 Å². The van der Waals surface area contributed by atoms with Gasteiger partial charge in [0.05, 0.1) is 12.6 Å².